The lowest BCUT2D eigenvalue weighted by Crippen LogP contribution is -2.33. The van der Waals surface area contributed by atoms with Crippen LogP contribution in [-0.2, 0) is 16.0 Å². The van der Waals surface area contributed by atoms with Gasteiger partial charge in [0.2, 0.25) is 0 Å². The van der Waals surface area contributed by atoms with E-state index in [0.717, 1.165) is 16.6 Å². The van der Waals surface area contributed by atoms with Crippen LogP contribution in [0.2, 0.25) is 0 Å². The lowest BCUT2D eigenvalue weighted by molar-refractivity contribution is -0.884. The molecule has 88 valence electrons. The van der Waals surface area contributed by atoms with Gasteiger partial charge in [-0.05, 0) is 0 Å². The normalized spacial score (nSPS) is 17.9. The zero-order chi connectivity index (χ0) is 11.6. The highest BCUT2D eigenvalue weighted by Gasteiger charge is 2.18. The molecular weight excluding hydrogens is 202 g/mol. The minimum Gasteiger partial charge on any atom is -0.346 e. The van der Waals surface area contributed by atoms with Crippen LogP contribution >= 0.6 is 0 Å². The van der Waals surface area contributed by atoms with Gasteiger partial charge in [-0.3, -0.25) is 0 Å². The van der Waals surface area contributed by atoms with Crippen molar-refractivity contribution in [1.82, 2.24) is 0 Å². The minimum atomic E-state index is -0.154. The van der Waals surface area contributed by atoms with Gasteiger partial charge >= 0.3 is 0 Å². The molecule has 0 spiro atoms. The molecule has 2 rings (SSSR count). The fourth-order valence-corrected chi connectivity index (χ4v) is 1.88. The number of benzene rings is 1. The molecule has 3 nitrogen and oxygen atoms in total. The molecule has 1 saturated heterocycles. The number of rotatable bonds is 3. The molecule has 0 amide bonds. The van der Waals surface area contributed by atoms with E-state index in [1.165, 1.54) is 5.56 Å². The van der Waals surface area contributed by atoms with Gasteiger partial charge in [-0.15, -0.1) is 0 Å². The number of hydrogen-bond acceptors (Lipinski definition) is 2. The molecule has 1 aromatic rings. The molecule has 1 aliphatic rings. The molecule has 0 atom stereocenters. The van der Waals surface area contributed by atoms with Crippen molar-refractivity contribution in [2.24, 2.45) is 0 Å². The zero-order valence-corrected chi connectivity index (χ0v) is 10.3. The van der Waals surface area contributed by atoms with E-state index in [0.29, 0.717) is 13.2 Å². The Morgan fingerprint density at radius 1 is 1.06 bits per heavy atom. The van der Waals surface area contributed by atoms with E-state index in [9.17, 15) is 0 Å². The maximum Gasteiger partial charge on any atom is 0.184 e. The van der Waals surface area contributed by atoms with Crippen molar-refractivity contribution >= 4 is 0 Å². The van der Waals surface area contributed by atoms with Gasteiger partial charge < -0.3 is 14.0 Å². The lowest BCUT2D eigenvalue weighted by atomic mass is 10.1. The van der Waals surface area contributed by atoms with E-state index in [1.807, 2.05) is 0 Å². The molecule has 1 heterocycles. The first-order chi connectivity index (χ1) is 7.54. The van der Waals surface area contributed by atoms with Gasteiger partial charge in [-0.25, -0.2) is 0 Å². The first-order valence-electron chi connectivity index (χ1n) is 5.67. The summed E-state index contributed by atoms with van der Waals surface area (Å²) < 4.78 is 11.8. The maximum atomic E-state index is 5.45. The Morgan fingerprint density at radius 2 is 1.62 bits per heavy atom. The van der Waals surface area contributed by atoms with Crippen molar-refractivity contribution in [3.05, 3.63) is 35.4 Å². The zero-order valence-electron chi connectivity index (χ0n) is 10.3. The predicted octanol–water partition coefficient (Wildman–Crippen LogP) is 1.94. The molecule has 0 saturated carbocycles. The monoisotopic (exact) mass is 222 g/mol. The summed E-state index contributed by atoms with van der Waals surface area (Å²) in [7, 11) is 6.57. The van der Waals surface area contributed by atoms with Crippen molar-refractivity contribution < 1.29 is 14.0 Å². The summed E-state index contributed by atoms with van der Waals surface area (Å²) in [5.74, 6) is 0. The number of ether oxygens (including phenoxy) is 2. The molecular formula is C13H20NO2+. The van der Waals surface area contributed by atoms with Crippen LogP contribution in [0.25, 0.3) is 0 Å². The van der Waals surface area contributed by atoms with Gasteiger partial charge in [0.1, 0.15) is 6.54 Å². The Labute approximate surface area is 97.2 Å². The highest BCUT2D eigenvalue weighted by molar-refractivity contribution is 5.23. The van der Waals surface area contributed by atoms with Crippen LogP contribution in [0.15, 0.2) is 24.3 Å². The van der Waals surface area contributed by atoms with Crippen molar-refractivity contribution in [3.8, 4) is 0 Å². The molecule has 0 bridgehead atoms. The second-order valence-corrected chi connectivity index (χ2v) is 5.26. The first kappa shape index (κ1) is 11.6. The average Bonchev–Trinajstić information content (AvgIpc) is 2.69. The lowest BCUT2D eigenvalue weighted by Gasteiger charge is -2.24. The van der Waals surface area contributed by atoms with Gasteiger partial charge in [0.05, 0.1) is 34.4 Å². The van der Waals surface area contributed by atoms with E-state index in [-0.39, 0.29) is 6.29 Å². The maximum absolute atomic E-state index is 5.45. The molecule has 0 N–H and O–H groups in total. The van der Waals surface area contributed by atoms with Crippen LogP contribution in [0.1, 0.15) is 17.4 Å². The van der Waals surface area contributed by atoms with Crippen molar-refractivity contribution in [3.63, 3.8) is 0 Å². The molecule has 1 aromatic carbocycles. The molecule has 16 heavy (non-hydrogen) atoms. The van der Waals surface area contributed by atoms with Crippen LogP contribution in [-0.4, -0.2) is 38.8 Å². The molecule has 0 radical (unpaired) electrons. The second kappa shape index (κ2) is 4.53. The van der Waals surface area contributed by atoms with Gasteiger partial charge in [0.15, 0.2) is 6.29 Å². The third-order valence-electron chi connectivity index (χ3n) is 2.53. The quantitative estimate of drug-likeness (QED) is 0.728. The smallest absolute Gasteiger partial charge is 0.184 e. The van der Waals surface area contributed by atoms with E-state index in [1.54, 1.807) is 0 Å². The van der Waals surface area contributed by atoms with Crippen LogP contribution < -0.4 is 0 Å². The number of hydrogen-bond donors (Lipinski definition) is 0. The topological polar surface area (TPSA) is 18.5 Å². The molecule has 3 heteroatoms. The van der Waals surface area contributed by atoms with Crippen LogP contribution in [0.3, 0.4) is 0 Å². The second-order valence-electron chi connectivity index (χ2n) is 5.26. The Kier molecular flexibility index (Phi) is 3.28. The Bertz CT molecular complexity index is 334. The van der Waals surface area contributed by atoms with Gasteiger partial charge in [-0.2, -0.15) is 0 Å². The Hall–Kier alpha value is -0.900. The van der Waals surface area contributed by atoms with E-state index in [4.69, 9.17) is 9.47 Å². The predicted molar refractivity (Wildman–Crippen MR) is 62.8 cm³/mol. The largest absolute Gasteiger partial charge is 0.346 e. The van der Waals surface area contributed by atoms with Crippen molar-refractivity contribution in [2.45, 2.75) is 12.8 Å². The highest BCUT2D eigenvalue weighted by Crippen LogP contribution is 2.23. The first-order valence-corrected chi connectivity index (χ1v) is 5.67. The highest BCUT2D eigenvalue weighted by atomic mass is 16.7. The van der Waals surface area contributed by atoms with Crippen molar-refractivity contribution in [1.29, 1.82) is 0 Å². The van der Waals surface area contributed by atoms with Gasteiger partial charge in [0, 0.05) is 11.1 Å². The summed E-state index contributed by atoms with van der Waals surface area (Å²) in [6, 6.07) is 8.51. The summed E-state index contributed by atoms with van der Waals surface area (Å²) in [6.07, 6.45) is -0.154. The van der Waals surface area contributed by atoms with E-state index >= 15 is 0 Å². The van der Waals surface area contributed by atoms with Crippen LogP contribution in [0.4, 0.5) is 0 Å². The van der Waals surface area contributed by atoms with Crippen LogP contribution in [0.5, 0.6) is 0 Å². The van der Waals surface area contributed by atoms with Crippen LogP contribution in [0, 0.1) is 0 Å². The minimum absolute atomic E-state index is 0.154. The fraction of sp³-hybridized carbons (Fsp3) is 0.538. The SMILES string of the molecule is C[N+](C)(C)Cc1ccc(C2OCCO2)cc1. The summed E-state index contributed by atoms with van der Waals surface area (Å²) in [5, 5.41) is 0. The molecule has 1 fully saturated rings. The summed E-state index contributed by atoms with van der Waals surface area (Å²) in [4.78, 5) is 0. The van der Waals surface area contributed by atoms with E-state index in [2.05, 4.69) is 45.4 Å². The summed E-state index contributed by atoms with van der Waals surface area (Å²) in [5.41, 5.74) is 2.46. The molecule has 0 aliphatic carbocycles. The molecule has 0 aromatic heterocycles. The van der Waals surface area contributed by atoms with Gasteiger partial charge in [-0.1, -0.05) is 24.3 Å². The Morgan fingerprint density at radius 3 is 2.12 bits per heavy atom. The number of nitrogens with zero attached hydrogens (tertiary/aromatic N) is 1. The fourth-order valence-electron chi connectivity index (χ4n) is 1.88. The molecule has 0 unspecified atom stereocenters. The van der Waals surface area contributed by atoms with Gasteiger partial charge in [0.25, 0.3) is 0 Å². The standard InChI is InChI=1S/C13H20NO2/c1-14(2,3)10-11-4-6-12(7-5-11)13-15-8-9-16-13/h4-7,13H,8-10H2,1-3H3/q+1. The summed E-state index contributed by atoms with van der Waals surface area (Å²) >= 11 is 0. The third kappa shape index (κ3) is 3.04. The van der Waals surface area contributed by atoms with E-state index < -0.39 is 0 Å². The van der Waals surface area contributed by atoms with Crippen molar-refractivity contribution in [2.75, 3.05) is 34.4 Å². The third-order valence-corrected chi connectivity index (χ3v) is 2.53. The summed E-state index contributed by atoms with van der Waals surface area (Å²) in [6.45, 7) is 2.43. The molecule has 1 aliphatic heterocycles. The Balaban J connectivity index is 2.04. The number of quaternary nitrogens is 1. The average molecular weight is 222 g/mol.